The smallest absolute Gasteiger partial charge is 0.338 e. The highest BCUT2D eigenvalue weighted by atomic mass is 35.5. The molecule has 1 aromatic heterocycles. The van der Waals surface area contributed by atoms with Crippen molar-refractivity contribution in [3.05, 3.63) is 130 Å². The van der Waals surface area contributed by atoms with Crippen molar-refractivity contribution in [2.45, 2.75) is 6.54 Å². The highest BCUT2D eigenvalue weighted by molar-refractivity contribution is 7.92. The number of hydrogen-bond donors (Lipinski definition) is 1. The van der Waals surface area contributed by atoms with Crippen LogP contribution in [0.25, 0.3) is 34.5 Å². The molecule has 0 aliphatic rings. The summed E-state index contributed by atoms with van der Waals surface area (Å²) < 4.78 is 32.6. The highest BCUT2D eigenvalue weighted by Gasteiger charge is 2.13. The first-order chi connectivity index (χ1) is 20.6. The Labute approximate surface area is 260 Å². The molecule has 0 aliphatic heterocycles. The van der Waals surface area contributed by atoms with Crippen molar-refractivity contribution < 1.29 is 17.9 Å². The molecule has 0 atom stereocenters. The van der Waals surface area contributed by atoms with Crippen molar-refractivity contribution in [2.24, 2.45) is 0 Å². The summed E-state index contributed by atoms with van der Waals surface area (Å²) in [5.41, 5.74) is 6.90. The van der Waals surface area contributed by atoms with Gasteiger partial charge in [0.1, 0.15) is 0 Å². The van der Waals surface area contributed by atoms with Gasteiger partial charge in [0.25, 0.3) is 0 Å². The maximum Gasteiger partial charge on any atom is 0.338 e. The fraction of sp³-hybridized carbons (Fsp3) is 0.0909. The number of hydrogen-bond acceptors (Lipinski definition) is 5. The number of anilines is 1. The number of aromatic nitrogens is 2. The molecule has 1 N–H and O–H groups in total. The molecule has 0 bridgehead atoms. The van der Waals surface area contributed by atoms with Crippen molar-refractivity contribution in [1.29, 1.82) is 0 Å². The molecule has 7 nitrogen and oxygen atoms in total. The molecule has 0 saturated heterocycles. The van der Waals surface area contributed by atoms with E-state index in [-0.39, 0.29) is 0 Å². The lowest BCUT2D eigenvalue weighted by molar-refractivity contribution is 0.0600. The van der Waals surface area contributed by atoms with Crippen LogP contribution in [0.2, 0.25) is 10.0 Å². The van der Waals surface area contributed by atoms with Crippen molar-refractivity contribution in [2.75, 3.05) is 18.1 Å². The summed E-state index contributed by atoms with van der Waals surface area (Å²) in [7, 11) is -2.01. The first-order valence-corrected chi connectivity index (χ1v) is 15.8. The largest absolute Gasteiger partial charge is 0.465 e. The van der Waals surface area contributed by atoms with Gasteiger partial charge in [-0.15, -0.1) is 0 Å². The van der Waals surface area contributed by atoms with Gasteiger partial charge in [0.15, 0.2) is 0 Å². The molecule has 0 amide bonds. The number of rotatable bonds is 9. The third kappa shape index (κ3) is 7.73. The van der Waals surface area contributed by atoms with Gasteiger partial charge in [-0.05, 0) is 70.3 Å². The maximum absolute atomic E-state index is 12.5. The van der Waals surface area contributed by atoms with E-state index in [1.807, 2.05) is 71.4 Å². The summed E-state index contributed by atoms with van der Waals surface area (Å²) in [6, 6.07) is 25.9. The number of esters is 1. The zero-order chi connectivity index (χ0) is 30.6. The number of carbonyl (C=O) groups is 1. The molecular weight excluding hydrogens is 605 g/mol. The predicted molar refractivity (Wildman–Crippen MR) is 174 cm³/mol. The van der Waals surface area contributed by atoms with Crippen molar-refractivity contribution in [3.63, 3.8) is 0 Å². The molecule has 43 heavy (non-hydrogen) atoms. The number of carbonyl (C=O) groups excluding carboxylic acids is 1. The van der Waals surface area contributed by atoms with E-state index in [1.165, 1.54) is 7.11 Å². The third-order valence-corrected chi connectivity index (χ3v) is 7.75. The molecule has 0 saturated carbocycles. The Bertz CT molecular complexity index is 1930. The van der Waals surface area contributed by atoms with Crippen LogP contribution in [0.5, 0.6) is 0 Å². The van der Waals surface area contributed by atoms with E-state index >= 15 is 0 Å². The van der Waals surface area contributed by atoms with E-state index < -0.39 is 16.0 Å². The van der Waals surface area contributed by atoms with Crippen LogP contribution < -0.4 is 4.72 Å². The van der Waals surface area contributed by atoms with Crippen LogP contribution >= 0.6 is 23.2 Å². The van der Waals surface area contributed by atoms with Gasteiger partial charge in [0.05, 0.1) is 36.0 Å². The number of ether oxygens (including phenoxy) is 1. The Morgan fingerprint density at radius 1 is 0.953 bits per heavy atom. The number of nitrogens with one attached hydrogen (secondary N) is 1. The van der Waals surface area contributed by atoms with Gasteiger partial charge in [-0.2, -0.15) is 0 Å². The van der Waals surface area contributed by atoms with Gasteiger partial charge in [0, 0.05) is 29.0 Å². The van der Waals surface area contributed by atoms with Crippen LogP contribution in [0.4, 0.5) is 5.69 Å². The monoisotopic (exact) mass is 631 g/mol. The zero-order valence-corrected chi connectivity index (χ0v) is 25.6. The lowest BCUT2D eigenvalue weighted by atomic mass is 10.0. The summed E-state index contributed by atoms with van der Waals surface area (Å²) >= 11 is 12.4. The molecule has 0 spiro atoms. The van der Waals surface area contributed by atoms with Crippen LogP contribution in [-0.4, -0.2) is 37.3 Å². The van der Waals surface area contributed by atoms with E-state index in [0.29, 0.717) is 33.4 Å². The van der Waals surface area contributed by atoms with Crippen molar-refractivity contribution in [1.82, 2.24) is 9.55 Å². The molecule has 5 rings (SSSR count). The lowest BCUT2D eigenvalue weighted by Gasteiger charge is -2.09. The molecule has 0 unspecified atom stereocenters. The van der Waals surface area contributed by atoms with Crippen LogP contribution in [-0.2, 0) is 21.3 Å². The Kier molecular flexibility index (Phi) is 9.01. The third-order valence-electron chi connectivity index (χ3n) is 6.59. The van der Waals surface area contributed by atoms with Gasteiger partial charge in [0.2, 0.25) is 10.0 Å². The number of sulfonamides is 1. The first-order valence-electron chi connectivity index (χ1n) is 13.1. The van der Waals surface area contributed by atoms with Gasteiger partial charge < -0.3 is 9.30 Å². The molecule has 5 aromatic rings. The quantitative estimate of drug-likeness (QED) is 0.132. The fourth-order valence-electron chi connectivity index (χ4n) is 4.59. The summed E-state index contributed by atoms with van der Waals surface area (Å²) in [4.78, 5) is 17.0. The van der Waals surface area contributed by atoms with Gasteiger partial charge in [-0.25, -0.2) is 18.2 Å². The number of nitrogens with zero attached hydrogens (tertiary/aromatic N) is 2. The molecule has 0 aliphatic carbocycles. The van der Waals surface area contributed by atoms with Gasteiger partial charge in [-0.1, -0.05) is 77.8 Å². The zero-order valence-electron chi connectivity index (χ0n) is 23.3. The summed E-state index contributed by atoms with van der Waals surface area (Å²) in [5.74, 6) is -0.425. The van der Waals surface area contributed by atoms with Gasteiger partial charge in [-0.3, -0.25) is 4.72 Å². The van der Waals surface area contributed by atoms with E-state index in [0.717, 1.165) is 39.8 Å². The summed E-state index contributed by atoms with van der Waals surface area (Å²) in [6.45, 7) is 0.530. The summed E-state index contributed by atoms with van der Waals surface area (Å²) in [6.07, 6.45) is 8.57. The second kappa shape index (κ2) is 12.9. The normalized spacial score (nSPS) is 11.5. The lowest BCUT2D eigenvalue weighted by Crippen LogP contribution is -2.09. The minimum atomic E-state index is -3.37. The molecule has 0 fully saturated rings. The topological polar surface area (TPSA) is 90.3 Å². The maximum atomic E-state index is 12.5. The molecule has 4 aromatic carbocycles. The van der Waals surface area contributed by atoms with E-state index in [4.69, 9.17) is 27.9 Å². The predicted octanol–water partition coefficient (Wildman–Crippen LogP) is 7.90. The molecule has 0 radical (unpaired) electrons. The molecule has 10 heteroatoms. The average Bonchev–Trinajstić information content (AvgIpc) is 3.43. The number of methoxy groups -OCH3 is 1. The second-order valence-electron chi connectivity index (χ2n) is 9.88. The Morgan fingerprint density at radius 3 is 2.47 bits per heavy atom. The standard InChI is InChI=1S/C33H27Cl2N3O4S/c1-42-33(39)29-14-9-23(19-38-20-32(36-21-38)30-15-13-27(34)18-31(30)35)16-26(29)12-8-22-6-10-24(11-7-22)25-4-3-5-28(17-25)37-43(2,40)41/h3-18,20-21,37H,19H2,1-2H3/b12-8+. The van der Waals surface area contributed by atoms with E-state index in [2.05, 4.69) is 9.71 Å². The van der Waals surface area contributed by atoms with E-state index in [1.54, 1.807) is 42.7 Å². The second-order valence-corrected chi connectivity index (χ2v) is 12.5. The molecule has 218 valence electrons. The number of imidazole rings is 1. The van der Waals surface area contributed by atoms with Gasteiger partial charge >= 0.3 is 5.97 Å². The van der Waals surface area contributed by atoms with Crippen molar-refractivity contribution >= 4 is 57.0 Å². The molecular formula is C33H27Cl2N3O4S. The number of halogens is 2. The van der Waals surface area contributed by atoms with E-state index in [9.17, 15) is 13.2 Å². The first kappa shape index (κ1) is 30.1. The fourth-order valence-corrected chi connectivity index (χ4v) is 5.65. The highest BCUT2D eigenvalue weighted by Crippen LogP contribution is 2.29. The average molecular weight is 633 g/mol. The SMILES string of the molecule is COC(=O)c1ccc(Cn2cnc(-c3ccc(Cl)cc3Cl)c2)cc1/C=C/c1ccc(-c2cccc(NS(C)(=O)=O)c2)cc1. The Morgan fingerprint density at radius 2 is 1.74 bits per heavy atom. The Balaban J connectivity index is 1.36. The van der Waals surface area contributed by atoms with Crippen LogP contribution in [0.15, 0.2) is 97.5 Å². The minimum Gasteiger partial charge on any atom is -0.465 e. The molecule has 1 heterocycles. The van der Waals surface area contributed by atoms with Crippen LogP contribution in [0, 0.1) is 0 Å². The van der Waals surface area contributed by atoms with Crippen LogP contribution in [0.3, 0.4) is 0 Å². The van der Waals surface area contributed by atoms with Crippen LogP contribution in [0.1, 0.15) is 27.0 Å². The number of benzene rings is 4. The van der Waals surface area contributed by atoms with Crippen molar-refractivity contribution in [3.8, 4) is 22.4 Å². The Hall–Kier alpha value is -4.37. The minimum absolute atomic E-state index is 0.425. The summed E-state index contributed by atoms with van der Waals surface area (Å²) in [5, 5.41) is 1.09.